The van der Waals surface area contributed by atoms with Gasteiger partial charge in [0.15, 0.2) is 0 Å². The number of esters is 1. The number of cyclic esters (lactones) is 1. The summed E-state index contributed by atoms with van der Waals surface area (Å²) < 4.78 is 18.0. The number of carbonyl (C=O) groups is 1. The maximum Gasteiger partial charge on any atom is 0.308 e. The number of fused-ring (bicyclic) bond motifs is 4. The van der Waals surface area contributed by atoms with E-state index >= 15 is 0 Å². The minimum atomic E-state index is -0.597. The van der Waals surface area contributed by atoms with Crippen molar-refractivity contribution in [2.24, 2.45) is 11.8 Å². The molecule has 178 valence electrons. The molecule has 0 spiro atoms. The van der Waals surface area contributed by atoms with Gasteiger partial charge in [0, 0.05) is 12.8 Å². The van der Waals surface area contributed by atoms with E-state index in [-0.39, 0.29) is 48.3 Å². The first-order valence-electron chi connectivity index (χ1n) is 12.0. The zero-order valence-electron chi connectivity index (χ0n) is 20.1. The molecule has 3 aliphatic heterocycles. The van der Waals surface area contributed by atoms with E-state index in [9.17, 15) is 9.90 Å². The molecule has 2 fully saturated rings. The van der Waals surface area contributed by atoms with Crippen molar-refractivity contribution < 1.29 is 24.1 Å². The number of allylic oxidation sites excluding steroid dienone is 3. The lowest BCUT2D eigenvalue weighted by Gasteiger charge is -2.22. The van der Waals surface area contributed by atoms with Crippen LogP contribution in [-0.4, -0.2) is 47.7 Å². The van der Waals surface area contributed by atoms with E-state index in [4.69, 9.17) is 14.2 Å². The number of aliphatic hydroxyl groups is 1. The Labute approximate surface area is 193 Å². The monoisotopic (exact) mass is 444 g/mol. The smallest absolute Gasteiger partial charge is 0.308 e. The van der Waals surface area contributed by atoms with Crippen molar-refractivity contribution in [3.63, 3.8) is 0 Å². The average molecular weight is 445 g/mol. The van der Waals surface area contributed by atoms with Crippen molar-refractivity contribution in [1.29, 1.82) is 0 Å². The molecule has 0 radical (unpaired) electrons. The molecular weight excluding hydrogens is 404 g/mol. The number of aliphatic hydroxyl groups excluding tert-OH is 1. The van der Waals surface area contributed by atoms with Crippen LogP contribution in [0.4, 0.5) is 0 Å². The molecule has 5 heteroatoms. The number of hydrogen-bond acceptors (Lipinski definition) is 5. The highest BCUT2D eigenvalue weighted by atomic mass is 16.6. The Balaban J connectivity index is 1.77. The van der Waals surface area contributed by atoms with E-state index in [0.717, 1.165) is 36.0 Å². The van der Waals surface area contributed by atoms with Crippen LogP contribution in [0.25, 0.3) is 0 Å². The molecule has 2 bridgehead atoms. The van der Waals surface area contributed by atoms with E-state index in [1.165, 1.54) is 0 Å². The van der Waals surface area contributed by atoms with Crippen LogP contribution in [0.1, 0.15) is 66.2 Å². The predicted octanol–water partition coefficient (Wildman–Crippen LogP) is 5.06. The SMILES string of the molecule is C=C1C[C@H](O)[C@@H]2O[C@H]2[C@@H]2CC(=C)[C@H](CC[C@H](C/C=C/C)OC(=O)[C@@H](C)C[C@@H](C)/C=C/1C)O2. The Morgan fingerprint density at radius 2 is 1.91 bits per heavy atom. The summed E-state index contributed by atoms with van der Waals surface area (Å²) in [6, 6.07) is 0. The van der Waals surface area contributed by atoms with Crippen LogP contribution < -0.4 is 0 Å². The summed E-state index contributed by atoms with van der Waals surface area (Å²) >= 11 is 0. The normalized spacial score (nSPS) is 41.4. The maximum absolute atomic E-state index is 12.8. The van der Waals surface area contributed by atoms with Crippen molar-refractivity contribution >= 4 is 5.97 Å². The lowest BCUT2D eigenvalue weighted by molar-refractivity contribution is -0.154. The molecule has 3 heterocycles. The molecule has 0 amide bonds. The minimum absolute atomic E-state index is 0.0646. The summed E-state index contributed by atoms with van der Waals surface area (Å²) in [6.45, 7) is 16.4. The number of ether oxygens (including phenoxy) is 3. The molecule has 0 aliphatic carbocycles. The Kier molecular flexibility index (Phi) is 8.54. The Morgan fingerprint density at radius 1 is 1.16 bits per heavy atom. The molecule has 3 aliphatic rings. The van der Waals surface area contributed by atoms with Crippen molar-refractivity contribution in [2.75, 3.05) is 0 Å². The Bertz CT molecular complexity index is 766. The summed E-state index contributed by atoms with van der Waals surface area (Å²) in [5.41, 5.74) is 3.00. The number of hydrogen-bond donors (Lipinski definition) is 1. The largest absolute Gasteiger partial charge is 0.462 e. The summed E-state index contributed by atoms with van der Waals surface area (Å²) in [5.74, 6) is -0.134. The van der Waals surface area contributed by atoms with E-state index in [1.54, 1.807) is 0 Å². The highest BCUT2D eigenvalue weighted by molar-refractivity contribution is 5.72. The van der Waals surface area contributed by atoms with Gasteiger partial charge in [-0.15, -0.1) is 0 Å². The number of rotatable bonds is 2. The molecule has 5 nitrogen and oxygen atoms in total. The zero-order valence-corrected chi connectivity index (χ0v) is 20.1. The van der Waals surface area contributed by atoms with E-state index in [0.29, 0.717) is 19.3 Å². The van der Waals surface area contributed by atoms with Crippen LogP contribution in [0.2, 0.25) is 0 Å². The number of epoxide rings is 1. The summed E-state index contributed by atoms with van der Waals surface area (Å²) in [7, 11) is 0. The van der Waals surface area contributed by atoms with Crippen molar-refractivity contribution in [2.45, 2.75) is 103 Å². The fraction of sp³-hybridized carbons (Fsp3) is 0.667. The van der Waals surface area contributed by atoms with E-state index in [1.807, 2.05) is 32.9 Å². The van der Waals surface area contributed by atoms with Crippen molar-refractivity contribution in [3.8, 4) is 0 Å². The van der Waals surface area contributed by atoms with Gasteiger partial charge in [0.1, 0.15) is 18.3 Å². The Morgan fingerprint density at radius 3 is 2.62 bits per heavy atom. The van der Waals surface area contributed by atoms with Crippen LogP contribution in [0.5, 0.6) is 0 Å². The number of carbonyl (C=O) groups excluding carboxylic acids is 1. The van der Waals surface area contributed by atoms with Crippen LogP contribution in [0, 0.1) is 11.8 Å². The second-order valence-electron chi connectivity index (χ2n) is 9.87. The fourth-order valence-corrected chi connectivity index (χ4v) is 4.88. The summed E-state index contributed by atoms with van der Waals surface area (Å²) in [5, 5.41) is 10.7. The topological polar surface area (TPSA) is 68.3 Å². The molecule has 0 aromatic rings. The van der Waals surface area contributed by atoms with Gasteiger partial charge < -0.3 is 19.3 Å². The van der Waals surface area contributed by atoms with Crippen LogP contribution in [-0.2, 0) is 19.0 Å². The summed E-state index contributed by atoms with van der Waals surface area (Å²) in [6.07, 6.45) is 9.06. The van der Waals surface area contributed by atoms with Gasteiger partial charge in [-0.1, -0.05) is 50.8 Å². The highest BCUT2D eigenvalue weighted by Gasteiger charge is 2.52. The predicted molar refractivity (Wildman–Crippen MR) is 126 cm³/mol. The van der Waals surface area contributed by atoms with Crippen LogP contribution in [0.15, 0.2) is 48.1 Å². The maximum atomic E-state index is 12.8. The van der Waals surface area contributed by atoms with Gasteiger partial charge >= 0.3 is 5.97 Å². The zero-order chi connectivity index (χ0) is 23.4. The Hall–Kier alpha value is -1.69. The lowest BCUT2D eigenvalue weighted by Crippen LogP contribution is -2.26. The van der Waals surface area contributed by atoms with Gasteiger partial charge in [-0.2, -0.15) is 0 Å². The molecule has 0 aromatic carbocycles. The molecule has 0 unspecified atom stereocenters. The van der Waals surface area contributed by atoms with E-state index in [2.05, 4.69) is 26.2 Å². The molecule has 3 rings (SSSR count). The standard InChI is InChI=1S/C27H40O5/c1-7-8-9-21-10-11-23-19(5)15-24(31-23)26-25(32-26)22(28)14-18(4)17(3)12-16(2)13-20(6)27(29)30-21/h7-8,12,16,20-26,28H,4-5,9-11,13-15H2,1-3,6H3/b8-7+,17-12+/t16-,20-,21-,22-,23-,24-,25-,26-/m0/s1. The third kappa shape index (κ3) is 6.43. The minimum Gasteiger partial charge on any atom is -0.462 e. The van der Waals surface area contributed by atoms with Crippen LogP contribution >= 0.6 is 0 Å². The summed E-state index contributed by atoms with van der Waals surface area (Å²) in [4.78, 5) is 12.8. The third-order valence-corrected chi connectivity index (χ3v) is 6.91. The first-order valence-corrected chi connectivity index (χ1v) is 12.0. The molecular formula is C27H40O5. The van der Waals surface area contributed by atoms with Gasteiger partial charge in [0.2, 0.25) is 0 Å². The lowest BCUT2D eigenvalue weighted by atomic mass is 9.92. The van der Waals surface area contributed by atoms with Gasteiger partial charge in [0.25, 0.3) is 0 Å². The molecule has 0 aromatic heterocycles. The van der Waals surface area contributed by atoms with Crippen molar-refractivity contribution in [3.05, 3.63) is 48.1 Å². The van der Waals surface area contributed by atoms with E-state index < -0.39 is 6.10 Å². The molecule has 32 heavy (non-hydrogen) atoms. The van der Waals surface area contributed by atoms with Gasteiger partial charge in [-0.3, -0.25) is 4.79 Å². The van der Waals surface area contributed by atoms with Crippen LogP contribution in [0.3, 0.4) is 0 Å². The first-order chi connectivity index (χ1) is 15.2. The molecule has 8 atom stereocenters. The van der Waals surface area contributed by atoms with Gasteiger partial charge in [-0.05, 0) is 56.6 Å². The fourth-order valence-electron chi connectivity index (χ4n) is 4.88. The molecule has 0 saturated carbocycles. The first kappa shape index (κ1) is 24.9. The quantitative estimate of drug-likeness (QED) is 0.366. The van der Waals surface area contributed by atoms with Gasteiger partial charge in [0.05, 0.1) is 24.2 Å². The van der Waals surface area contributed by atoms with Gasteiger partial charge in [-0.25, -0.2) is 0 Å². The third-order valence-electron chi connectivity index (χ3n) is 6.91. The molecule has 1 N–H and O–H groups in total. The average Bonchev–Trinajstić information content (AvgIpc) is 3.45. The highest BCUT2D eigenvalue weighted by Crippen LogP contribution is 2.40. The molecule has 2 saturated heterocycles. The second kappa shape index (κ2) is 11.0. The van der Waals surface area contributed by atoms with Crippen molar-refractivity contribution in [1.82, 2.24) is 0 Å². The second-order valence-corrected chi connectivity index (χ2v) is 9.87.